The Hall–Kier alpha value is -3.06. The molecule has 0 atom stereocenters. The Morgan fingerprint density at radius 3 is 2.58 bits per heavy atom. The van der Waals surface area contributed by atoms with Crippen molar-refractivity contribution in [2.45, 2.75) is 44.8 Å². The normalized spacial score (nSPS) is 16.7. The number of esters is 1. The molecule has 7 nitrogen and oxygen atoms in total. The summed E-state index contributed by atoms with van der Waals surface area (Å²) in [5.41, 5.74) is -1.45. The van der Waals surface area contributed by atoms with E-state index in [-0.39, 0.29) is 34.2 Å². The summed E-state index contributed by atoms with van der Waals surface area (Å²) in [5, 5.41) is 5.93. The fraction of sp³-hybridized carbons (Fsp3) is 0.417. The first-order chi connectivity index (χ1) is 18.0. The molecule has 1 aromatic carbocycles. The molecule has 3 heterocycles. The van der Waals surface area contributed by atoms with E-state index in [9.17, 15) is 31.5 Å². The van der Waals surface area contributed by atoms with Gasteiger partial charge in [-0.2, -0.15) is 5.10 Å². The summed E-state index contributed by atoms with van der Waals surface area (Å²) in [6.45, 7) is -0.0334. The summed E-state index contributed by atoms with van der Waals surface area (Å²) in [6, 6.07) is 4.78. The van der Waals surface area contributed by atoms with Crippen LogP contribution in [0.1, 0.15) is 64.1 Å². The van der Waals surface area contributed by atoms with Crippen molar-refractivity contribution in [1.29, 1.82) is 0 Å². The molecule has 2 aliphatic rings. The number of rotatable bonds is 8. The molecule has 1 aliphatic heterocycles. The second-order valence-corrected chi connectivity index (χ2v) is 10.8. The van der Waals surface area contributed by atoms with E-state index in [1.807, 2.05) is 0 Å². The predicted octanol–water partition coefficient (Wildman–Crippen LogP) is 5.77. The van der Waals surface area contributed by atoms with Crippen molar-refractivity contribution in [2.24, 2.45) is 5.41 Å². The summed E-state index contributed by atoms with van der Waals surface area (Å²) in [4.78, 5) is 30.8. The molecule has 3 aromatic rings. The van der Waals surface area contributed by atoms with E-state index in [1.54, 1.807) is 5.38 Å². The molecule has 38 heavy (non-hydrogen) atoms. The van der Waals surface area contributed by atoms with Crippen molar-refractivity contribution in [1.82, 2.24) is 19.7 Å². The maximum atomic E-state index is 13.9. The largest absolute Gasteiger partial charge is 0.456 e. The van der Waals surface area contributed by atoms with E-state index in [0.717, 1.165) is 17.8 Å². The quantitative estimate of drug-likeness (QED) is 0.252. The van der Waals surface area contributed by atoms with Crippen LogP contribution in [-0.2, 0) is 22.7 Å². The molecule has 5 rings (SSSR count). The van der Waals surface area contributed by atoms with Crippen LogP contribution in [0.3, 0.4) is 0 Å². The van der Waals surface area contributed by atoms with E-state index in [1.165, 1.54) is 34.4 Å². The fourth-order valence-electron chi connectivity index (χ4n) is 4.90. The van der Waals surface area contributed by atoms with Gasteiger partial charge in [0.05, 0.1) is 10.0 Å². The van der Waals surface area contributed by atoms with Crippen LogP contribution >= 0.6 is 22.9 Å². The summed E-state index contributed by atoms with van der Waals surface area (Å²) >= 11 is 7.25. The van der Waals surface area contributed by atoms with Gasteiger partial charge in [-0.15, -0.1) is 11.3 Å². The van der Waals surface area contributed by atoms with E-state index >= 15 is 0 Å². The van der Waals surface area contributed by atoms with Gasteiger partial charge in [0.15, 0.2) is 5.69 Å². The Kier molecular flexibility index (Phi) is 7.16. The van der Waals surface area contributed by atoms with E-state index in [0.29, 0.717) is 23.8 Å². The fourth-order valence-corrected chi connectivity index (χ4v) is 6.01. The number of alkyl halides is 4. The van der Waals surface area contributed by atoms with Gasteiger partial charge < -0.3 is 9.64 Å². The number of carbonyl (C=O) groups is 2. The Bertz CT molecular complexity index is 1350. The second kappa shape index (κ2) is 10.3. The molecule has 0 N–H and O–H groups in total. The van der Waals surface area contributed by atoms with Crippen LogP contribution in [-0.4, -0.2) is 44.6 Å². The number of amides is 1. The molecule has 2 aromatic heterocycles. The predicted molar refractivity (Wildman–Crippen MR) is 126 cm³/mol. The molecular weight excluding hydrogens is 555 g/mol. The minimum absolute atomic E-state index is 0.0791. The third kappa shape index (κ3) is 5.13. The third-order valence-electron chi connectivity index (χ3n) is 6.82. The topological polar surface area (TPSA) is 77.3 Å². The average Bonchev–Trinajstić information content (AvgIpc) is 3.45. The summed E-state index contributed by atoms with van der Waals surface area (Å²) in [6.07, 6.45) is -4.59. The minimum atomic E-state index is -3.03. The molecule has 14 heteroatoms. The SMILES string of the molecule is O=C(OCc1c(F)cccc1Cl)c1csc(C2CC3(C2)CN(C(=O)Cn2nc(C(F)F)cc2C(F)F)C3)n1. The summed E-state index contributed by atoms with van der Waals surface area (Å²) in [7, 11) is 0. The highest BCUT2D eigenvalue weighted by Gasteiger charge is 2.54. The maximum Gasteiger partial charge on any atom is 0.358 e. The van der Waals surface area contributed by atoms with Crippen molar-refractivity contribution in [3.63, 3.8) is 0 Å². The second-order valence-electron chi connectivity index (χ2n) is 9.46. The monoisotopic (exact) mass is 574 g/mol. The smallest absolute Gasteiger partial charge is 0.358 e. The number of carbonyl (C=O) groups excluding carboxylic acids is 2. The number of aromatic nitrogens is 3. The van der Waals surface area contributed by atoms with Crippen molar-refractivity contribution in [2.75, 3.05) is 13.1 Å². The molecule has 202 valence electrons. The highest BCUT2D eigenvalue weighted by atomic mass is 35.5. The standard InChI is InChI=1S/C24H20ClF5N4O3S/c25-14-2-1-3-15(26)13(14)8-37-23(36)17-9-38-22(31-17)12-5-24(6-12)10-33(11-24)19(35)7-34-18(21(29)30)4-16(32-34)20(27)28/h1-4,9,12,20-21H,5-8,10-11H2. The number of benzene rings is 1. The van der Waals surface area contributed by atoms with Crippen molar-refractivity contribution in [3.8, 4) is 0 Å². The number of thiazole rings is 1. The van der Waals surface area contributed by atoms with Gasteiger partial charge in [0, 0.05) is 35.4 Å². The molecule has 1 aliphatic carbocycles. The first kappa shape index (κ1) is 26.5. The Morgan fingerprint density at radius 1 is 1.18 bits per heavy atom. The number of halogens is 6. The van der Waals surface area contributed by atoms with Crippen molar-refractivity contribution < 1.29 is 36.3 Å². The van der Waals surface area contributed by atoms with Gasteiger partial charge in [-0.3, -0.25) is 9.48 Å². The summed E-state index contributed by atoms with van der Waals surface area (Å²) < 4.78 is 71.7. The summed E-state index contributed by atoms with van der Waals surface area (Å²) in [5.74, 6) is -1.66. The molecule has 1 amide bonds. The van der Waals surface area contributed by atoms with Crippen molar-refractivity contribution >= 4 is 34.8 Å². The van der Waals surface area contributed by atoms with Gasteiger partial charge in [-0.05, 0) is 31.0 Å². The molecule has 1 saturated heterocycles. The van der Waals surface area contributed by atoms with Crippen molar-refractivity contribution in [3.05, 3.63) is 68.1 Å². The van der Waals surface area contributed by atoms with Gasteiger partial charge in [0.25, 0.3) is 12.9 Å². The lowest BCUT2D eigenvalue weighted by Crippen LogP contribution is -2.63. The minimum Gasteiger partial charge on any atom is -0.456 e. The zero-order valence-electron chi connectivity index (χ0n) is 19.6. The van der Waals surface area contributed by atoms with Gasteiger partial charge in [-0.25, -0.2) is 31.7 Å². The lowest BCUT2D eigenvalue weighted by Gasteiger charge is -2.58. The van der Waals surface area contributed by atoms with Gasteiger partial charge in [0.1, 0.15) is 30.4 Å². The molecule has 0 radical (unpaired) electrons. The highest BCUT2D eigenvalue weighted by Crippen LogP contribution is 2.56. The first-order valence-corrected chi connectivity index (χ1v) is 12.8. The molecule has 1 saturated carbocycles. The van der Waals surface area contributed by atoms with Crippen LogP contribution in [0.15, 0.2) is 29.6 Å². The Morgan fingerprint density at radius 2 is 1.92 bits per heavy atom. The maximum absolute atomic E-state index is 13.9. The molecule has 1 spiro atoms. The van der Waals surface area contributed by atoms with Crippen LogP contribution in [0.4, 0.5) is 22.0 Å². The lowest BCUT2D eigenvalue weighted by atomic mass is 9.58. The zero-order chi connectivity index (χ0) is 27.2. The van der Waals surface area contributed by atoms with E-state index in [2.05, 4.69) is 10.1 Å². The highest BCUT2D eigenvalue weighted by molar-refractivity contribution is 7.09. The number of hydrogen-bond acceptors (Lipinski definition) is 6. The van der Waals surface area contributed by atoms with Gasteiger partial charge >= 0.3 is 5.97 Å². The van der Waals surface area contributed by atoms with Crippen LogP contribution in [0.25, 0.3) is 0 Å². The van der Waals surface area contributed by atoms with Crippen LogP contribution in [0.2, 0.25) is 5.02 Å². The number of ether oxygens (including phenoxy) is 1. The van der Waals surface area contributed by atoms with Crippen LogP contribution in [0.5, 0.6) is 0 Å². The van der Waals surface area contributed by atoms with Gasteiger partial charge in [-0.1, -0.05) is 17.7 Å². The first-order valence-electron chi connectivity index (χ1n) is 11.5. The lowest BCUT2D eigenvalue weighted by molar-refractivity contribution is -0.152. The van der Waals surface area contributed by atoms with E-state index < -0.39 is 48.5 Å². The van der Waals surface area contributed by atoms with E-state index in [4.69, 9.17) is 16.3 Å². The number of likely N-dealkylation sites (tertiary alicyclic amines) is 1. The Balaban J connectivity index is 1.11. The number of hydrogen-bond donors (Lipinski definition) is 0. The molecule has 0 bridgehead atoms. The number of nitrogens with zero attached hydrogens (tertiary/aromatic N) is 4. The van der Waals surface area contributed by atoms with Gasteiger partial charge in [0.2, 0.25) is 5.91 Å². The average molecular weight is 575 g/mol. The molecular formula is C24H20ClF5N4O3S. The van der Waals surface area contributed by atoms with Crippen LogP contribution < -0.4 is 0 Å². The van der Waals surface area contributed by atoms with Crippen LogP contribution in [0, 0.1) is 11.2 Å². The molecule has 2 fully saturated rings. The third-order valence-corrected chi connectivity index (χ3v) is 8.18. The Labute approximate surface area is 222 Å². The zero-order valence-corrected chi connectivity index (χ0v) is 21.1. The molecule has 0 unspecified atom stereocenters.